The molecule has 0 aliphatic rings. The summed E-state index contributed by atoms with van der Waals surface area (Å²) < 4.78 is 0. The third-order valence-corrected chi connectivity index (χ3v) is 1.18. The Kier molecular flexibility index (Phi) is 1.98. The maximum absolute atomic E-state index is 9.79. The molecule has 0 heterocycles. The highest BCUT2D eigenvalue weighted by Gasteiger charge is 1.86. The Labute approximate surface area is 59.2 Å². The van der Waals surface area contributed by atoms with Gasteiger partial charge in [-0.1, -0.05) is 12.1 Å². The molecule has 0 amide bonds. The molecule has 0 aliphatic heterocycles. The Morgan fingerprint density at radius 2 is 2.30 bits per heavy atom. The first kappa shape index (κ1) is 6.72. The normalized spacial score (nSPS) is 8.50. The predicted molar refractivity (Wildman–Crippen MR) is 39.0 cm³/mol. The summed E-state index contributed by atoms with van der Waals surface area (Å²) in [6.07, 6.45) is 1.49. The lowest BCUT2D eigenvalue weighted by molar-refractivity contribution is 0.565. The van der Waals surface area contributed by atoms with Crippen LogP contribution in [0.5, 0.6) is 0 Å². The fourth-order valence-electron chi connectivity index (χ4n) is 0.750. The predicted octanol–water partition coefficient (Wildman–Crippen LogP) is 1.96. The molecule has 0 aromatic heterocycles. The van der Waals surface area contributed by atoms with Crippen LogP contribution in [-0.2, 0) is 4.79 Å². The number of rotatable bonds is 1. The van der Waals surface area contributed by atoms with Crippen LogP contribution in [0.2, 0.25) is 0 Å². The maximum Gasteiger partial charge on any atom is 0.240 e. The van der Waals surface area contributed by atoms with Gasteiger partial charge in [0.15, 0.2) is 0 Å². The van der Waals surface area contributed by atoms with Crippen molar-refractivity contribution in [3.63, 3.8) is 0 Å². The second kappa shape index (κ2) is 2.95. The van der Waals surface area contributed by atoms with Gasteiger partial charge in [0, 0.05) is 0 Å². The van der Waals surface area contributed by atoms with Crippen LogP contribution in [0, 0.1) is 6.92 Å². The zero-order valence-electron chi connectivity index (χ0n) is 5.66. The van der Waals surface area contributed by atoms with E-state index in [1.807, 2.05) is 25.1 Å². The molecule has 0 fully saturated rings. The van der Waals surface area contributed by atoms with Crippen LogP contribution in [0.4, 0.5) is 5.69 Å². The van der Waals surface area contributed by atoms with E-state index in [2.05, 4.69) is 4.99 Å². The van der Waals surface area contributed by atoms with E-state index in [4.69, 9.17) is 0 Å². The van der Waals surface area contributed by atoms with Gasteiger partial charge in [0.2, 0.25) is 6.08 Å². The van der Waals surface area contributed by atoms with Crippen LogP contribution in [0.3, 0.4) is 0 Å². The number of aryl methyl sites for hydroxylation is 1. The molecule has 2 nitrogen and oxygen atoms in total. The molecule has 0 N–H and O–H groups in total. The van der Waals surface area contributed by atoms with Crippen LogP contribution in [-0.4, -0.2) is 6.08 Å². The number of aliphatic imine (C=N–C) groups is 1. The Hall–Kier alpha value is -1.40. The lowest BCUT2D eigenvalue weighted by Crippen LogP contribution is -1.68. The maximum atomic E-state index is 9.79. The van der Waals surface area contributed by atoms with Gasteiger partial charge in [0.05, 0.1) is 5.69 Å². The minimum Gasteiger partial charge on any atom is -0.211 e. The number of carbonyl (C=O) groups excluding carboxylic acids is 1. The van der Waals surface area contributed by atoms with Crippen molar-refractivity contribution < 1.29 is 4.79 Å². The summed E-state index contributed by atoms with van der Waals surface area (Å²) in [5.41, 5.74) is 1.76. The van der Waals surface area contributed by atoms with Crippen molar-refractivity contribution in [2.24, 2.45) is 4.99 Å². The Bertz CT molecular complexity index is 274. The van der Waals surface area contributed by atoms with Gasteiger partial charge in [-0.05, 0) is 24.6 Å². The summed E-state index contributed by atoms with van der Waals surface area (Å²) in [6.45, 7) is 1.95. The SMILES string of the molecule is Cc1cccc(N=[14C]=O)c1. The van der Waals surface area contributed by atoms with Gasteiger partial charge in [-0.2, -0.15) is 4.99 Å². The molecule has 0 aliphatic carbocycles. The fraction of sp³-hybridized carbons (Fsp3) is 0.125. The first-order valence-electron chi connectivity index (χ1n) is 2.97. The van der Waals surface area contributed by atoms with Gasteiger partial charge >= 0.3 is 0 Å². The number of hydrogen-bond acceptors (Lipinski definition) is 2. The summed E-state index contributed by atoms with van der Waals surface area (Å²) in [6, 6.07) is 7.39. The molecular formula is C8H7NO. The minimum absolute atomic E-state index is 0.662. The van der Waals surface area contributed by atoms with E-state index in [1.54, 1.807) is 6.07 Å². The second-order valence-corrected chi connectivity index (χ2v) is 2.04. The fourth-order valence-corrected chi connectivity index (χ4v) is 0.750. The molecule has 0 atom stereocenters. The van der Waals surface area contributed by atoms with E-state index in [9.17, 15) is 4.79 Å². The number of hydrogen-bond donors (Lipinski definition) is 0. The van der Waals surface area contributed by atoms with Gasteiger partial charge in [0.1, 0.15) is 0 Å². The van der Waals surface area contributed by atoms with E-state index in [0.717, 1.165) is 5.56 Å². The Morgan fingerprint density at radius 3 is 2.90 bits per heavy atom. The van der Waals surface area contributed by atoms with Crippen molar-refractivity contribution in [1.29, 1.82) is 0 Å². The molecule has 0 saturated carbocycles. The smallest absolute Gasteiger partial charge is 0.211 e. The van der Waals surface area contributed by atoms with E-state index in [-0.39, 0.29) is 0 Å². The molecule has 1 aromatic carbocycles. The molecule has 1 aromatic rings. The van der Waals surface area contributed by atoms with Crippen LogP contribution >= 0.6 is 0 Å². The Balaban J connectivity index is 3.06. The topological polar surface area (TPSA) is 29.4 Å². The molecule has 0 unspecified atom stereocenters. The average molecular weight is 135 g/mol. The standard InChI is InChI=1S/C8H7NO/c1-7-3-2-4-8(5-7)9-6-10/h2-5H,1H3/i6+2. The van der Waals surface area contributed by atoms with Gasteiger partial charge in [0.25, 0.3) is 0 Å². The van der Waals surface area contributed by atoms with Gasteiger partial charge in [-0.25, -0.2) is 4.79 Å². The molecule has 0 spiro atoms. The molecule has 0 bridgehead atoms. The zero-order chi connectivity index (χ0) is 7.40. The molecular weight excluding hydrogens is 128 g/mol. The first-order chi connectivity index (χ1) is 4.83. The highest BCUT2D eigenvalue weighted by Crippen LogP contribution is 2.11. The zero-order valence-corrected chi connectivity index (χ0v) is 5.66. The average Bonchev–Trinajstić information content (AvgIpc) is 1.88. The van der Waals surface area contributed by atoms with E-state index in [0.29, 0.717) is 5.69 Å². The quantitative estimate of drug-likeness (QED) is 0.427. The number of isocyanates is 1. The summed E-state index contributed by atoms with van der Waals surface area (Å²) in [4.78, 5) is 13.3. The summed E-state index contributed by atoms with van der Waals surface area (Å²) in [5.74, 6) is 0. The largest absolute Gasteiger partial charge is 0.240 e. The van der Waals surface area contributed by atoms with Crippen LogP contribution in [0.15, 0.2) is 29.3 Å². The van der Waals surface area contributed by atoms with Crippen LogP contribution in [0.25, 0.3) is 0 Å². The van der Waals surface area contributed by atoms with Crippen LogP contribution < -0.4 is 0 Å². The van der Waals surface area contributed by atoms with E-state index in [1.165, 1.54) is 6.08 Å². The van der Waals surface area contributed by atoms with Crippen molar-refractivity contribution >= 4 is 11.8 Å². The lowest BCUT2D eigenvalue weighted by atomic mass is 10.2. The van der Waals surface area contributed by atoms with Crippen LogP contribution in [0.1, 0.15) is 5.56 Å². The van der Waals surface area contributed by atoms with Crippen molar-refractivity contribution in [3.05, 3.63) is 29.8 Å². The van der Waals surface area contributed by atoms with Gasteiger partial charge in [-0.15, -0.1) is 0 Å². The highest BCUT2D eigenvalue weighted by molar-refractivity contribution is 5.49. The van der Waals surface area contributed by atoms with Crippen molar-refractivity contribution in [2.75, 3.05) is 0 Å². The molecule has 0 radical (unpaired) electrons. The molecule has 50 valence electrons. The van der Waals surface area contributed by atoms with Crippen molar-refractivity contribution in [1.82, 2.24) is 0 Å². The molecule has 1 rings (SSSR count). The van der Waals surface area contributed by atoms with Crippen molar-refractivity contribution in [3.8, 4) is 0 Å². The summed E-state index contributed by atoms with van der Waals surface area (Å²) >= 11 is 0. The monoisotopic (exact) mass is 135 g/mol. The molecule has 10 heavy (non-hydrogen) atoms. The molecule has 2 heteroatoms. The van der Waals surface area contributed by atoms with Crippen molar-refractivity contribution in [2.45, 2.75) is 6.92 Å². The highest BCUT2D eigenvalue weighted by atomic mass is 16.3. The third-order valence-electron chi connectivity index (χ3n) is 1.18. The number of nitrogens with zero attached hydrogens (tertiary/aromatic N) is 1. The summed E-state index contributed by atoms with van der Waals surface area (Å²) in [5, 5.41) is 0. The van der Waals surface area contributed by atoms with E-state index < -0.39 is 0 Å². The lowest BCUT2D eigenvalue weighted by Gasteiger charge is -1.90. The minimum atomic E-state index is 0.662. The third kappa shape index (κ3) is 1.54. The van der Waals surface area contributed by atoms with Gasteiger partial charge in [-0.3, -0.25) is 0 Å². The van der Waals surface area contributed by atoms with E-state index >= 15 is 0 Å². The summed E-state index contributed by atoms with van der Waals surface area (Å²) in [7, 11) is 0. The number of benzene rings is 1. The molecule has 0 saturated heterocycles. The Morgan fingerprint density at radius 1 is 1.50 bits per heavy atom. The van der Waals surface area contributed by atoms with Gasteiger partial charge < -0.3 is 0 Å². The second-order valence-electron chi connectivity index (χ2n) is 2.04. The first-order valence-corrected chi connectivity index (χ1v) is 2.97.